The number of amides is 1. The molecule has 0 atom stereocenters. The maximum atomic E-state index is 12.2. The number of hydrogen-bond donors (Lipinski definition) is 3. The molecule has 1 aromatic heterocycles. The lowest BCUT2D eigenvalue weighted by Crippen LogP contribution is -2.32. The molecule has 3 N–H and O–H groups in total. The lowest BCUT2D eigenvalue weighted by Gasteiger charge is -2.07. The molecule has 0 unspecified atom stereocenters. The summed E-state index contributed by atoms with van der Waals surface area (Å²) < 4.78 is 0. The highest BCUT2D eigenvalue weighted by atomic mass is 35.5. The Balaban J connectivity index is 0.00000220. The van der Waals surface area contributed by atoms with Crippen molar-refractivity contribution in [3.8, 4) is 11.1 Å². The van der Waals surface area contributed by atoms with Gasteiger partial charge in [0.25, 0.3) is 5.91 Å². The molecule has 2 rings (SSSR count). The van der Waals surface area contributed by atoms with E-state index in [0.717, 1.165) is 30.6 Å². The summed E-state index contributed by atoms with van der Waals surface area (Å²) in [5.74, 6) is -0.0385. The van der Waals surface area contributed by atoms with Gasteiger partial charge in [-0.3, -0.25) is 4.79 Å². The zero-order chi connectivity index (χ0) is 14.2. The Hall–Kier alpha value is -1.78. The number of carbonyl (C=O) groups excluding carboxylic acids is 1. The summed E-state index contributed by atoms with van der Waals surface area (Å²) in [5.41, 5.74) is 2.67. The molecule has 0 saturated carbocycles. The fourth-order valence-corrected chi connectivity index (χ4v) is 2.07. The predicted octanol–water partition coefficient (Wildman–Crippen LogP) is 2.83. The van der Waals surface area contributed by atoms with E-state index in [0.29, 0.717) is 12.1 Å². The van der Waals surface area contributed by atoms with Gasteiger partial charge >= 0.3 is 0 Å². The van der Waals surface area contributed by atoms with Gasteiger partial charge in [-0.2, -0.15) is 0 Å². The van der Waals surface area contributed by atoms with Crippen molar-refractivity contribution < 1.29 is 4.79 Å². The lowest BCUT2D eigenvalue weighted by atomic mass is 10.0. The van der Waals surface area contributed by atoms with Crippen LogP contribution in [0.1, 0.15) is 23.7 Å². The Morgan fingerprint density at radius 2 is 1.86 bits per heavy atom. The Morgan fingerprint density at radius 1 is 1.10 bits per heavy atom. The second-order valence-corrected chi connectivity index (χ2v) is 4.65. The standard InChI is InChI=1S/C16H21N3O.ClH/c1-2-8-17-9-10-19-16(20)15-12-18-11-14(15)13-6-4-3-5-7-13;/h3-7,11-12,17-18H,2,8-10H2,1H3,(H,19,20);1H. The SMILES string of the molecule is CCCNCCNC(=O)c1c[nH]cc1-c1ccccc1.Cl. The molecule has 0 spiro atoms. The fourth-order valence-electron chi connectivity index (χ4n) is 2.07. The first kappa shape index (κ1) is 17.3. The van der Waals surface area contributed by atoms with Crippen molar-refractivity contribution >= 4 is 18.3 Å². The molecule has 0 aliphatic carbocycles. The van der Waals surface area contributed by atoms with Crippen LogP contribution in [0.25, 0.3) is 11.1 Å². The lowest BCUT2D eigenvalue weighted by molar-refractivity contribution is 0.0954. The predicted molar refractivity (Wildman–Crippen MR) is 89.0 cm³/mol. The molecule has 0 radical (unpaired) electrons. The quantitative estimate of drug-likeness (QED) is 0.689. The first-order chi connectivity index (χ1) is 9.83. The van der Waals surface area contributed by atoms with E-state index in [1.165, 1.54) is 0 Å². The van der Waals surface area contributed by atoms with Crippen LogP contribution in [0.3, 0.4) is 0 Å². The van der Waals surface area contributed by atoms with Crippen molar-refractivity contribution in [3.63, 3.8) is 0 Å². The van der Waals surface area contributed by atoms with Crippen molar-refractivity contribution in [1.82, 2.24) is 15.6 Å². The number of carbonyl (C=O) groups is 1. The van der Waals surface area contributed by atoms with Crippen molar-refractivity contribution in [3.05, 3.63) is 48.3 Å². The Kier molecular flexibility index (Phi) is 7.58. The van der Waals surface area contributed by atoms with Crippen LogP contribution in [0.5, 0.6) is 0 Å². The largest absolute Gasteiger partial charge is 0.366 e. The molecule has 2 aromatic rings. The van der Waals surface area contributed by atoms with Crippen molar-refractivity contribution in [1.29, 1.82) is 0 Å². The normalized spacial score (nSPS) is 9.95. The molecule has 0 fully saturated rings. The number of halogens is 1. The third-order valence-corrected chi connectivity index (χ3v) is 3.09. The molecule has 21 heavy (non-hydrogen) atoms. The van der Waals surface area contributed by atoms with E-state index in [1.807, 2.05) is 36.5 Å². The molecular weight excluding hydrogens is 286 g/mol. The van der Waals surface area contributed by atoms with Crippen LogP contribution in [0.4, 0.5) is 0 Å². The maximum Gasteiger partial charge on any atom is 0.253 e. The van der Waals surface area contributed by atoms with Crippen LogP contribution >= 0.6 is 12.4 Å². The van der Waals surface area contributed by atoms with E-state index in [9.17, 15) is 4.79 Å². The van der Waals surface area contributed by atoms with Crippen molar-refractivity contribution in [2.24, 2.45) is 0 Å². The van der Waals surface area contributed by atoms with Crippen LogP contribution in [-0.4, -0.2) is 30.5 Å². The van der Waals surface area contributed by atoms with Gasteiger partial charge in [-0.05, 0) is 18.5 Å². The average molecular weight is 308 g/mol. The first-order valence-electron chi connectivity index (χ1n) is 7.04. The summed E-state index contributed by atoms with van der Waals surface area (Å²) in [6, 6.07) is 9.91. The zero-order valence-corrected chi connectivity index (χ0v) is 13.0. The Bertz CT molecular complexity index is 539. The first-order valence-corrected chi connectivity index (χ1v) is 7.04. The number of aromatic nitrogens is 1. The smallest absolute Gasteiger partial charge is 0.253 e. The summed E-state index contributed by atoms with van der Waals surface area (Å²) in [7, 11) is 0. The second kappa shape index (κ2) is 9.21. The van der Waals surface area contributed by atoms with Crippen LogP contribution in [0.2, 0.25) is 0 Å². The summed E-state index contributed by atoms with van der Waals surface area (Å²) >= 11 is 0. The van der Waals surface area contributed by atoms with Crippen molar-refractivity contribution in [2.45, 2.75) is 13.3 Å². The molecule has 0 bridgehead atoms. The third kappa shape index (κ3) is 4.92. The van der Waals surface area contributed by atoms with Gasteiger partial charge in [0.15, 0.2) is 0 Å². The fraction of sp³-hybridized carbons (Fsp3) is 0.312. The number of nitrogens with one attached hydrogen (secondary N) is 3. The van der Waals surface area contributed by atoms with E-state index >= 15 is 0 Å². The highest BCUT2D eigenvalue weighted by Crippen LogP contribution is 2.22. The third-order valence-electron chi connectivity index (χ3n) is 3.09. The second-order valence-electron chi connectivity index (χ2n) is 4.65. The minimum Gasteiger partial charge on any atom is -0.366 e. The minimum atomic E-state index is -0.0385. The molecule has 0 saturated heterocycles. The van der Waals surface area contributed by atoms with E-state index in [4.69, 9.17) is 0 Å². The Labute approximate surface area is 131 Å². The van der Waals surface area contributed by atoms with Crippen LogP contribution in [-0.2, 0) is 0 Å². The van der Waals surface area contributed by atoms with E-state index in [2.05, 4.69) is 22.5 Å². The van der Waals surface area contributed by atoms with Gasteiger partial charge in [-0.1, -0.05) is 37.3 Å². The molecule has 1 heterocycles. The molecule has 1 aromatic carbocycles. The number of benzene rings is 1. The van der Waals surface area contributed by atoms with E-state index < -0.39 is 0 Å². The molecule has 4 nitrogen and oxygen atoms in total. The van der Waals surface area contributed by atoms with Gasteiger partial charge < -0.3 is 15.6 Å². The van der Waals surface area contributed by atoms with Gasteiger partial charge in [0.2, 0.25) is 0 Å². The number of aromatic amines is 1. The average Bonchev–Trinajstić information content (AvgIpc) is 2.97. The summed E-state index contributed by atoms with van der Waals surface area (Å²) in [4.78, 5) is 15.2. The topological polar surface area (TPSA) is 56.9 Å². The van der Waals surface area contributed by atoms with Crippen LogP contribution < -0.4 is 10.6 Å². The Morgan fingerprint density at radius 3 is 2.57 bits per heavy atom. The molecule has 0 aliphatic heterocycles. The monoisotopic (exact) mass is 307 g/mol. The maximum absolute atomic E-state index is 12.2. The highest BCUT2D eigenvalue weighted by Gasteiger charge is 2.12. The highest BCUT2D eigenvalue weighted by molar-refractivity contribution is 6.00. The zero-order valence-electron chi connectivity index (χ0n) is 12.2. The number of H-pyrrole nitrogens is 1. The molecule has 5 heteroatoms. The van der Waals surface area contributed by atoms with Crippen LogP contribution in [0, 0.1) is 0 Å². The van der Waals surface area contributed by atoms with E-state index in [1.54, 1.807) is 6.20 Å². The van der Waals surface area contributed by atoms with Crippen molar-refractivity contribution in [2.75, 3.05) is 19.6 Å². The van der Waals surface area contributed by atoms with Gasteiger partial charge in [-0.15, -0.1) is 12.4 Å². The molecule has 0 aliphatic rings. The van der Waals surface area contributed by atoms with Gasteiger partial charge in [0, 0.05) is 31.0 Å². The minimum absolute atomic E-state index is 0. The molecule has 1 amide bonds. The summed E-state index contributed by atoms with van der Waals surface area (Å²) in [6.07, 6.45) is 4.71. The van der Waals surface area contributed by atoms with E-state index in [-0.39, 0.29) is 18.3 Å². The number of rotatable bonds is 7. The summed E-state index contributed by atoms with van der Waals surface area (Å²) in [5, 5.41) is 6.19. The molecular formula is C16H22ClN3O. The van der Waals surface area contributed by atoms with Gasteiger partial charge in [-0.25, -0.2) is 0 Å². The molecule has 114 valence electrons. The van der Waals surface area contributed by atoms with Crippen LogP contribution in [0.15, 0.2) is 42.7 Å². The summed E-state index contributed by atoms with van der Waals surface area (Å²) in [6.45, 7) is 4.54. The van der Waals surface area contributed by atoms with Gasteiger partial charge in [0.05, 0.1) is 5.56 Å². The number of hydrogen-bond acceptors (Lipinski definition) is 2. The van der Waals surface area contributed by atoms with Gasteiger partial charge in [0.1, 0.15) is 0 Å².